The van der Waals surface area contributed by atoms with Crippen LogP contribution in [0.5, 0.6) is 0 Å². The van der Waals surface area contributed by atoms with E-state index in [1.807, 2.05) is 6.20 Å². The van der Waals surface area contributed by atoms with Crippen molar-refractivity contribution in [3.63, 3.8) is 0 Å². The molecule has 2 unspecified atom stereocenters. The number of nitrogens with one attached hydrogen (secondary N) is 1. The first-order chi connectivity index (χ1) is 8.85. The quantitative estimate of drug-likeness (QED) is 0.764. The van der Waals surface area contributed by atoms with Gasteiger partial charge in [0, 0.05) is 25.0 Å². The van der Waals surface area contributed by atoms with Crippen molar-refractivity contribution in [2.45, 2.75) is 64.8 Å². The highest BCUT2D eigenvalue weighted by molar-refractivity contribution is 5.26. The molecule has 0 aromatic carbocycles. The molecule has 18 heavy (non-hydrogen) atoms. The molecule has 1 saturated carbocycles. The zero-order chi connectivity index (χ0) is 12.8. The molecule has 0 aliphatic heterocycles. The summed E-state index contributed by atoms with van der Waals surface area (Å²) in [5, 5.41) is 3.48. The molecule has 0 bridgehead atoms. The lowest BCUT2D eigenvalue weighted by molar-refractivity contribution is 0.263. The molecule has 1 fully saturated rings. The highest BCUT2D eigenvalue weighted by Crippen LogP contribution is 2.35. The predicted molar refractivity (Wildman–Crippen MR) is 76.9 cm³/mol. The Hall–Kier alpha value is -0.990. The maximum Gasteiger partial charge on any atom is 0.203 e. The minimum atomic E-state index is 0.662. The van der Waals surface area contributed by atoms with Gasteiger partial charge in [-0.05, 0) is 25.2 Å². The van der Waals surface area contributed by atoms with Gasteiger partial charge >= 0.3 is 0 Å². The van der Waals surface area contributed by atoms with Crippen LogP contribution in [0.2, 0.25) is 0 Å². The van der Waals surface area contributed by atoms with Gasteiger partial charge in [0.1, 0.15) is 0 Å². The second-order valence-corrected chi connectivity index (χ2v) is 5.53. The maximum absolute atomic E-state index is 4.47. The van der Waals surface area contributed by atoms with E-state index < -0.39 is 0 Å². The lowest BCUT2D eigenvalue weighted by Gasteiger charge is -2.30. The number of imidazole rings is 1. The van der Waals surface area contributed by atoms with Crippen molar-refractivity contribution in [3.05, 3.63) is 12.4 Å². The summed E-state index contributed by atoms with van der Waals surface area (Å²) in [6, 6.07) is 0.662. The van der Waals surface area contributed by atoms with E-state index in [9.17, 15) is 0 Å². The summed E-state index contributed by atoms with van der Waals surface area (Å²) >= 11 is 0. The number of rotatable bonds is 6. The Balaban J connectivity index is 1.97. The van der Waals surface area contributed by atoms with Crippen LogP contribution in [-0.4, -0.2) is 16.1 Å². The van der Waals surface area contributed by atoms with E-state index in [1.54, 1.807) is 0 Å². The van der Waals surface area contributed by atoms with E-state index in [0.29, 0.717) is 6.04 Å². The smallest absolute Gasteiger partial charge is 0.203 e. The fourth-order valence-electron chi connectivity index (χ4n) is 3.01. The van der Waals surface area contributed by atoms with Crippen LogP contribution in [0.3, 0.4) is 0 Å². The summed E-state index contributed by atoms with van der Waals surface area (Å²) in [5.74, 6) is 1.99. The van der Waals surface area contributed by atoms with Gasteiger partial charge in [-0.15, -0.1) is 0 Å². The molecule has 3 heteroatoms. The summed E-state index contributed by atoms with van der Waals surface area (Å²) in [7, 11) is 0. The highest BCUT2D eigenvalue weighted by atomic mass is 15.2. The number of anilines is 1. The number of nitrogens with zero attached hydrogens (tertiary/aromatic N) is 2. The normalized spacial score (nSPS) is 24.1. The second kappa shape index (κ2) is 6.81. The number of aromatic nitrogens is 2. The summed E-state index contributed by atoms with van der Waals surface area (Å²) in [6.45, 7) is 5.58. The lowest BCUT2D eigenvalue weighted by Crippen LogP contribution is -2.20. The minimum Gasteiger partial charge on any atom is -0.356 e. The van der Waals surface area contributed by atoms with Crippen molar-refractivity contribution in [3.8, 4) is 0 Å². The van der Waals surface area contributed by atoms with E-state index >= 15 is 0 Å². The molecular weight excluding hydrogens is 222 g/mol. The molecule has 1 aliphatic rings. The third-order valence-electron chi connectivity index (χ3n) is 4.21. The molecule has 3 nitrogen and oxygen atoms in total. The van der Waals surface area contributed by atoms with Crippen molar-refractivity contribution >= 4 is 5.95 Å². The molecule has 0 amide bonds. The van der Waals surface area contributed by atoms with Gasteiger partial charge in [-0.2, -0.15) is 0 Å². The van der Waals surface area contributed by atoms with Crippen LogP contribution in [0.1, 0.15) is 64.8 Å². The SMILES string of the molecule is CCCCNc1nccn1C1CCCC(CC)C1. The monoisotopic (exact) mass is 249 g/mol. The van der Waals surface area contributed by atoms with E-state index in [2.05, 4.69) is 34.9 Å². The fourth-order valence-corrected chi connectivity index (χ4v) is 3.01. The van der Waals surface area contributed by atoms with Crippen LogP contribution in [0, 0.1) is 5.92 Å². The molecule has 1 aromatic rings. The van der Waals surface area contributed by atoms with Gasteiger partial charge in [0.15, 0.2) is 0 Å². The van der Waals surface area contributed by atoms with Gasteiger partial charge in [-0.3, -0.25) is 0 Å². The Morgan fingerprint density at radius 1 is 1.39 bits per heavy atom. The van der Waals surface area contributed by atoms with Crippen molar-refractivity contribution in [2.75, 3.05) is 11.9 Å². The van der Waals surface area contributed by atoms with Crippen molar-refractivity contribution in [1.29, 1.82) is 0 Å². The average Bonchev–Trinajstić information content (AvgIpc) is 2.87. The van der Waals surface area contributed by atoms with Gasteiger partial charge in [-0.25, -0.2) is 4.98 Å². The molecule has 102 valence electrons. The largest absolute Gasteiger partial charge is 0.356 e. The van der Waals surface area contributed by atoms with Crippen LogP contribution in [-0.2, 0) is 0 Å². The first-order valence-electron chi connectivity index (χ1n) is 7.61. The van der Waals surface area contributed by atoms with Crippen LogP contribution < -0.4 is 5.32 Å². The van der Waals surface area contributed by atoms with Gasteiger partial charge in [0.05, 0.1) is 0 Å². The number of hydrogen-bond donors (Lipinski definition) is 1. The number of unbranched alkanes of at least 4 members (excludes halogenated alkanes) is 1. The van der Waals surface area contributed by atoms with Crippen LogP contribution >= 0.6 is 0 Å². The molecule has 0 radical (unpaired) electrons. The fraction of sp³-hybridized carbons (Fsp3) is 0.800. The second-order valence-electron chi connectivity index (χ2n) is 5.53. The van der Waals surface area contributed by atoms with Gasteiger partial charge < -0.3 is 9.88 Å². The summed E-state index contributed by atoms with van der Waals surface area (Å²) in [4.78, 5) is 4.47. The third-order valence-corrected chi connectivity index (χ3v) is 4.21. The minimum absolute atomic E-state index is 0.662. The van der Waals surface area contributed by atoms with Crippen LogP contribution in [0.15, 0.2) is 12.4 Å². The summed E-state index contributed by atoms with van der Waals surface area (Å²) < 4.78 is 2.37. The Morgan fingerprint density at radius 2 is 2.28 bits per heavy atom. The molecule has 1 aliphatic carbocycles. The van der Waals surface area contributed by atoms with Gasteiger partial charge in [0.2, 0.25) is 5.95 Å². The van der Waals surface area contributed by atoms with E-state index in [-0.39, 0.29) is 0 Å². The zero-order valence-corrected chi connectivity index (χ0v) is 11.9. The molecule has 2 rings (SSSR count). The highest BCUT2D eigenvalue weighted by Gasteiger charge is 2.23. The zero-order valence-electron chi connectivity index (χ0n) is 11.9. The molecule has 1 heterocycles. The topological polar surface area (TPSA) is 29.9 Å². The number of hydrogen-bond acceptors (Lipinski definition) is 2. The van der Waals surface area contributed by atoms with Crippen LogP contribution in [0.4, 0.5) is 5.95 Å². The Bertz CT molecular complexity index is 345. The Kier molecular flexibility index (Phi) is 5.09. The van der Waals surface area contributed by atoms with Crippen molar-refractivity contribution in [2.24, 2.45) is 5.92 Å². The standard InChI is InChI=1S/C15H27N3/c1-3-5-9-16-15-17-10-11-18(15)14-8-6-7-13(4-2)12-14/h10-11,13-14H,3-9,12H2,1-2H3,(H,16,17). The molecule has 0 saturated heterocycles. The lowest BCUT2D eigenvalue weighted by atomic mass is 9.84. The summed E-state index contributed by atoms with van der Waals surface area (Å²) in [6.07, 6.45) is 13.3. The van der Waals surface area contributed by atoms with Crippen LogP contribution in [0.25, 0.3) is 0 Å². The summed E-state index contributed by atoms with van der Waals surface area (Å²) in [5.41, 5.74) is 0. The predicted octanol–water partition coefficient (Wildman–Crippen LogP) is 4.24. The Morgan fingerprint density at radius 3 is 3.06 bits per heavy atom. The van der Waals surface area contributed by atoms with Gasteiger partial charge in [-0.1, -0.05) is 39.5 Å². The molecule has 1 N–H and O–H groups in total. The van der Waals surface area contributed by atoms with E-state index in [4.69, 9.17) is 0 Å². The van der Waals surface area contributed by atoms with Crippen molar-refractivity contribution < 1.29 is 0 Å². The molecule has 0 spiro atoms. The maximum atomic E-state index is 4.47. The molecule has 2 atom stereocenters. The van der Waals surface area contributed by atoms with E-state index in [1.165, 1.54) is 44.9 Å². The molecular formula is C15H27N3. The third kappa shape index (κ3) is 3.27. The first kappa shape index (κ1) is 13.4. The Labute approximate surface area is 111 Å². The van der Waals surface area contributed by atoms with E-state index in [0.717, 1.165) is 18.4 Å². The average molecular weight is 249 g/mol. The first-order valence-corrected chi connectivity index (χ1v) is 7.61. The van der Waals surface area contributed by atoms with Crippen molar-refractivity contribution in [1.82, 2.24) is 9.55 Å². The molecule has 1 aromatic heterocycles. The van der Waals surface area contributed by atoms with Gasteiger partial charge in [0.25, 0.3) is 0 Å².